The maximum absolute atomic E-state index is 13.7. The van der Waals surface area contributed by atoms with Crippen LogP contribution in [0.2, 0.25) is 5.02 Å². The van der Waals surface area contributed by atoms with E-state index in [-0.39, 0.29) is 23.7 Å². The van der Waals surface area contributed by atoms with Gasteiger partial charge in [-0.2, -0.15) is 0 Å². The van der Waals surface area contributed by atoms with Crippen LogP contribution >= 0.6 is 11.6 Å². The second-order valence-corrected chi connectivity index (χ2v) is 12.5. The number of carboxylic acid groups (broad SMARTS) is 1. The lowest BCUT2D eigenvalue weighted by molar-refractivity contribution is -0.144. The molecule has 1 aromatic carbocycles. The van der Waals surface area contributed by atoms with Gasteiger partial charge in [-0.25, -0.2) is 9.97 Å². The zero-order valence-corrected chi connectivity index (χ0v) is 24.9. The van der Waals surface area contributed by atoms with E-state index in [0.717, 1.165) is 61.8 Å². The number of carbonyl (C=O) groups is 3. The van der Waals surface area contributed by atoms with Crippen LogP contribution in [-0.2, 0) is 9.59 Å². The number of benzene rings is 1. The van der Waals surface area contributed by atoms with E-state index < -0.39 is 5.97 Å². The first-order valence-corrected chi connectivity index (χ1v) is 15.1. The van der Waals surface area contributed by atoms with Crippen molar-refractivity contribution in [3.8, 4) is 0 Å². The number of nitrogens with zero attached hydrogens (tertiary/aromatic N) is 5. The molecule has 2 amide bonds. The molecule has 0 spiro atoms. The number of hydrogen-bond acceptors (Lipinski definition) is 6. The van der Waals surface area contributed by atoms with Crippen molar-refractivity contribution in [3.05, 3.63) is 52.1 Å². The largest absolute Gasteiger partial charge is 0.481 e. The van der Waals surface area contributed by atoms with Crippen LogP contribution in [0.1, 0.15) is 59.4 Å². The van der Waals surface area contributed by atoms with Gasteiger partial charge in [0.05, 0.1) is 22.9 Å². The average molecular weight is 582 g/mol. The average Bonchev–Trinajstić information content (AvgIpc) is 3.51. The molecule has 0 bridgehead atoms. The lowest BCUT2D eigenvalue weighted by atomic mass is 9.81. The molecule has 10 heteroatoms. The summed E-state index contributed by atoms with van der Waals surface area (Å²) < 4.78 is 0. The molecule has 3 fully saturated rings. The second kappa shape index (κ2) is 12.4. The smallest absolute Gasteiger partial charge is 0.306 e. The van der Waals surface area contributed by atoms with Gasteiger partial charge in [-0.1, -0.05) is 17.7 Å². The molecule has 1 aromatic heterocycles. The standard InChI is InChI=1S/C31H40ClN5O4/c1-19-5-10-26(13-27(19)32)37(29(38)22-6-8-23(9-7-22)31(40)41)12-4-11-35-14-24-16-36(17-25(24)15-35)30(39)28-20(2)33-18-34-21(28)3/h5,10,13,18,22-25H,4,6-9,11-12,14-17H2,1-3H3,(H,40,41). The van der Waals surface area contributed by atoms with Crippen LogP contribution in [0.5, 0.6) is 0 Å². The zero-order valence-electron chi connectivity index (χ0n) is 24.2. The number of likely N-dealkylation sites (tertiary alicyclic amines) is 2. The maximum Gasteiger partial charge on any atom is 0.306 e. The lowest BCUT2D eigenvalue weighted by Gasteiger charge is -2.32. The Balaban J connectivity index is 1.17. The minimum Gasteiger partial charge on any atom is -0.481 e. The van der Waals surface area contributed by atoms with Gasteiger partial charge in [0.15, 0.2) is 0 Å². The van der Waals surface area contributed by atoms with Crippen LogP contribution in [0.3, 0.4) is 0 Å². The van der Waals surface area contributed by atoms with Crippen LogP contribution in [-0.4, -0.2) is 81.9 Å². The predicted molar refractivity (Wildman–Crippen MR) is 157 cm³/mol. The molecule has 2 atom stereocenters. The highest BCUT2D eigenvalue weighted by atomic mass is 35.5. The van der Waals surface area contributed by atoms with Gasteiger partial charge in [0, 0.05) is 49.4 Å². The van der Waals surface area contributed by atoms with Crippen molar-refractivity contribution < 1.29 is 19.5 Å². The van der Waals surface area contributed by atoms with Gasteiger partial charge >= 0.3 is 5.97 Å². The number of aryl methyl sites for hydroxylation is 3. The minimum absolute atomic E-state index is 0.0323. The Hall–Kier alpha value is -3.04. The summed E-state index contributed by atoms with van der Waals surface area (Å²) in [4.78, 5) is 53.1. The Morgan fingerprint density at radius 2 is 1.56 bits per heavy atom. The number of carbonyl (C=O) groups excluding carboxylic acids is 2. The van der Waals surface area contributed by atoms with Gasteiger partial charge in [-0.3, -0.25) is 14.4 Å². The Labute approximate surface area is 246 Å². The molecule has 0 radical (unpaired) electrons. The molecule has 2 saturated heterocycles. The topological polar surface area (TPSA) is 107 Å². The van der Waals surface area contributed by atoms with Gasteiger partial charge in [0.1, 0.15) is 6.33 Å². The van der Waals surface area contributed by atoms with Crippen LogP contribution in [0, 0.1) is 44.4 Å². The normalized spacial score (nSPS) is 24.3. The molecule has 1 saturated carbocycles. The van der Waals surface area contributed by atoms with Crippen molar-refractivity contribution in [1.29, 1.82) is 0 Å². The first kappa shape index (κ1) is 29.5. The summed E-state index contributed by atoms with van der Waals surface area (Å²) in [5.41, 5.74) is 3.84. The summed E-state index contributed by atoms with van der Waals surface area (Å²) in [5, 5.41) is 10.00. The Morgan fingerprint density at radius 1 is 0.951 bits per heavy atom. The molecule has 1 N–H and O–H groups in total. The number of amides is 2. The number of anilines is 1. The van der Waals surface area contributed by atoms with Crippen LogP contribution in [0.25, 0.3) is 0 Å². The first-order valence-electron chi connectivity index (χ1n) is 14.7. The van der Waals surface area contributed by atoms with E-state index in [2.05, 4.69) is 14.9 Å². The third-order valence-electron chi connectivity index (χ3n) is 9.30. The number of fused-ring (bicyclic) bond motifs is 1. The number of carboxylic acids is 1. The van der Waals surface area contributed by atoms with Crippen molar-refractivity contribution in [3.63, 3.8) is 0 Å². The second-order valence-electron chi connectivity index (χ2n) is 12.1. The van der Waals surface area contributed by atoms with E-state index in [1.54, 1.807) is 0 Å². The van der Waals surface area contributed by atoms with Crippen LogP contribution in [0.4, 0.5) is 5.69 Å². The first-order chi connectivity index (χ1) is 19.6. The van der Waals surface area contributed by atoms with Gasteiger partial charge in [0.25, 0.3) is 5.91 Å². The molecule has 9 nitrogen and oxygen atoms in total. The predicted octanol–water partition coefficient (Wildman–Crippen LogP) is 4.37. The Morgan fingerprint density at radius 3 is 2.15 bits per heavy atom. The van der Waals surface area contributed by atoms with Crippen molar-refractivity contribution in [2.45, 2.75) is 52.9 Å². The fourth-order valence-electron chi connectivity index (χ4n) is 6.88. The van der Waals surface area contributed by atoms with E-state index in [9.17, 15) is 19.5 Å². The van der Waals surface area contributed by atoms with E-state index in [0.29, 0.717) is 54.6 Å². The maximum atomic E-state index is 13.7. The van der Waals surface area contributed by atoms with E-state index in [1.165, 1.54) is 6.33 Å². The van der Waals surface area contributed by atoms with Gasteiger partial charge in [-0.05, 0) is 89.0 Å². The summed E-state index contributed by atoms with van der Waals surface area (Å²) >= 11 is 6.44. The van der Waals surface area contributed by atoms with E-state index >= 15 is 0 Å². The van der Waals surface area contributed by atoms with Crippen molar-refractivity contribution in [1.82, 2.24) is 19.8 Å². The van der Waals surface area contributed by atoms with E-state index in [1.807, 2.05) is 48.8 Å². The SMILES string of the molecule is Cc1ccc(N(CCCN2CC3CN(C(=O)c4c(C)ncnc4C)CC3C2)C(=O)C2CCC(C(=O)O)CC2)cc1Cl. The number of rotatable bonds is 8. The van der Waals surface area contributed by atoms with E-state index in [4.69, 9.17) is 11.6 Å². The fraction of sp³-hybridized carbons (Fsp3) is 0.581. The van der Waals surface area contributed by atoms with Crippen molar-refractivity contribution >= 4 is 35.1 Å². The zero-order chi connectivity index (χ0) is 29.3. The summed E-state index contributed by atoms with van der Waals surface area (Å²) in [6.45, 7) is 10.5. The Bertz CT molecular complexity index is 1280. The quantitative estimate of drug-likeness (QED) is 0.493. The summed E-state index contributed by atoms with van der Waals surface area (Å²) in [7, 11) is 0. The van der Waals surface area contributed by atoms with Crippen LogP contribution in [0.15, 0.2) is 24.5 Å². The highest BCUT2D eigenvalue weighted by molar-refractivity contribution is 6.31. The molecule has 1 aliphatic carbocycles. The van der Waals surface area contributed by atoms with Gasteiger partial charge in [-0.15, -0.1) is 0 Å². The molecular formula is C31H40ClN5O4. The molecule has 2 aliphatic heterocycles. The van der Waals surface area contributed by atoms with Crippen LogP contribution < -0.4 is 4.90 Å². The third kappa shape index (κ3) is 6.41. The monoisotopic (exact) mass is 581 g/mol. The highest BCUT2D eigenvalue weighted by Gasteiger charge is 2.42. The molecular weight excluding hydrogens is 542 g/mol. The summed E-state index contributed by atoms with van der Waals surface area (Å²) in [6.07, 6.45) is 4.62. The number of hydrogen-bond donors (Lipinski definition) is 1. The fourth-order valence-corrected chi connectivity index (χ4v) is 7.05. The lowest BCUT2D eigenvalue weighted by Crippen LogP contribution is -2.40. The molecule has 2 aromatic rings. The highest BCUT2D eigenvalue weighted by Crippen LogP contribution is 2.34. The summed E-state index contributed by atoms with van der Waals surface area (Å²) in [5.74, 6) is -0.287. The van der Waals surface area contributed by atoms with Crippen molar-refractivity contribution in [2.75, 3.05) is 44.2 Å². The minimum atomic E-state index is -0.764. The molecule has 3 heterocycles. The van der Waals surface area contributed by atoms with Gasteiger partial charge < -0.3 is 19.8 Å². The van der Waals surface area contributed by atoms with Gasteiger partial charge in [0.2, 0.25) is 5.91 Å². The summed E-state index contributed by atoms with van der Waals surface area (Å²) in [6, 6.07) is 5.76. The number of aliphatic carboxylic acids is 1. The molecule has 2 unspecified atom stereocenters. The molecule has 220 valence electrons. The number of aromatic nitrogens is 2. The number of halogens is 1. The molecule has 5 rings (SSSR count). The molecule has 3 aliphatic rings. The Kier molecular flexibility index (Phi) is 8.94. The van der Waals surface area contributed by atoms with Crippen molar-refractivity contribution in [2.24, 2.45) is 23.7 Å². The molecule has 41 heavy (non-hydrogen) atoms. The third-order valence-corrected chi connectivity index (χ3v) is 9.71.